The lowest BCUT2D eigenvalue weighted by atomic mass is 10.0. The summed E-state index contributed by atoms with van der Waals surface area (Å²) in [5.41, 5.74) is 3.41. The lowest BCUT2D eigenvalue weighted by molar-refractivity contribution is -0.130. The number of nitrogens with one attached hydrogen (secondary N) is 3. The van der Waals surface area contributed by atoms with Crippen molar-refractivity contribution < 1.29 is 19.4 Å². The standard InChI is InChI=1S/C32H34N4O4/c1-3-8-21-9-7-10-22(15-21)27(34-24-11-5-4-6-12-24)17-29(33)35-31(39)32-18-26(32)30(38)36(20-32)19-23-13-14-25(40-2)16-28(23)37/h4-7,9-17,26,34,37H,3,8,18-20H2,1-2H3,(H2,33,35,39)/b27-17-. The summed E-state index contributed by atoms with van der Waals surface area (Å²) in [5.74, 6) is -0.323. The normalized spacial score (nSPS) is 19.6. The molecule has 2 aliphatic rings. The Labute approximate surface area is 234 Å². The highest BCUT2D eigenvalue weighted by Gasteiger charge is 2.69. The van der Waals surface area contributed by atoms with Crippen molar-refractivity contribution in [2.45, 2.75) is 32.7 Å². The second-order valence-corrected chi connectivity index (χ2v) is 10.5. The smallest absolute Gasteiger partial charge is 0.234 e. The van der Waals surface area contributed by atoms with Gasteiger partial charge in [0.2, 0.25) is 11.8 Å². The number of para-hydroxylation sites is 1. The number of fused-ring (bicyclic) bond motifs is 1. The lowest BCUT2D eigenvalue weighted by Gasteiger charge is -2.21. The van der Waals surface area contributed by atoms with Gasteiger partial charge in [0.25, 0.3) is 0 Å². The number of methoxy groups -OCH3 is 1. The minimum absolute atomic E-state index is 0.0413. The molecule has 8 heteroatoms. The van der Waals surface area contributed by atoms with Gasteiger partial charge in [0.15, 0.2) is 0 Å². The Morgan fingerprint density at radius 1 is 1.15 bits per heavy atom. The highest BCUT2D eigenvalue weighted by atomic mass is 16.5. The van der Waals surface area contributed by atoms with Crippen LogP contribution in [0.5, 0.6) is 11.5 Å². The molecule has 2 unspecified atom stereocenters. The van der Waals surface area contributed by atoms with Crippen LogP contribution in [0.1, 0.15) is 36.5 Å². The van der Waals surface area contributed by atoms with Crippen molar-refractivity contribution in [3.8, 4) is 11.5 Å². The number of rotatable bonds is 10. The Hall–Kier alpha value is -4.59. The number of aromatic hydroxyl groups is 1. The minimum Gasteiger partial charge on any atom is -0.507 e. The number of hydrogen-bond donors (Lipinski definition) is 4. The maximum Gasteiger partial charge on any atom is 0.234 e. The SMILES string of the molecule is CCCc1cccc(/C(=C/C(=N)NC(=O)C23CC2C(=O)N(Cc2ccc(OC)cc2O)C3)Nc2ccccc2)c1. The minimum atomic E-state index is -0.854. The third kappa shape index (κ3) is 5.57. The molecule has 2 amide bonds. The number of phenols is 1. The molecule has 0 radical (unpaired) electrons. The van der Waals surface area contributed by atoms with Crippen molar-refractivity contribution in [1.29, 1.82) is 5.41 Å². The van der Waals surface area contributed by atoms with Crippen molar-refractivity contribution in [3.05, 3.63) is 95.6 Å². The molecule has 0 spiro atoms. The number of benzene rings is 3. The van der Waals surface area contributed by atoms with E-state index in [4.69, 9.17) is 10.1 Å². The van der Waals surface area contributed by atoms with Crippen LogP contribution >= 0.6 is 0 Å². The summed E-state index contributed by atoms with van der Waals surface area (Å²) in [6.07, 6.45) is 4.06. The molecule has 2 fully saturated rings. The number of nitrogens with zero attached hydrogens (tertiary/aromatic N) is 1. The predicted molar refractivity (Wildman–Crippen MR) is 155 cm³/mol. The number of piperidine rings is 1. The monoisotopic (exact) mass is 538 g/mol. The predicted octanol–water partition coefficient (Wildman–Crippen LogP) is 4.95. The molecule has 1 heterocycles. The summed E-state index contributed by atoms with van der Waals surface area (Å²) in [7, 11) is 1.52. The van der Waals surface area contributed by atoms with E-state index in [-0.39, 0.29) is 36.5 Å². The molecular formula is C32H34N4O4. The third-order valence-electron chi connectivity index (χ3n) is 7.63. The first-order valence-electron chi connectivity index (χ1n) is 13.5. The van der Waals surface area contributed by atoms with Crippen LogP contribution in [-0.2, 0) is 22.6 Å². The van der Waals surface area contributed by atoms with Gasteiger partial charge < -0.3 is 25.4 Å². The fraction of sp³-hybridized carbons (Fsp3) is 0.281. The molecule has 1 aliphatic heterocycles. The van der Waals surface area contributed by atoms with E-state index in [1.807, 2.05) is 42.5 Å². The van der Waals surface area contributed by atoms with E-state index in [1.165, 1.54) is 18.7 Å². The fourth-order valence-electron chi connectivity index (χ4n) is 5.39. The molecule has 4 N–H and O–H groups in total. The van der Waals surface area contributed by atoms with Crippen molar-refractivity contribution in [1.82, 2.24) is 10.2 Å². The van der Waals surface area contributed by atoms with Crippen molar-refractivity contribution in [3.63, 3.8) is 0 Å². The van der Waals surface area contributed by atoms with Crippen molar-refractivity contribution in [2.75, 3.05) is 19.0 Å². The van der Waals surface area contributed by atoms with E-state index in [9.17, 15) is 14.7 Å². The Morgan fingerprint density at radius 3 is 2.67 bits per heavy atom. The summed E-state index contributed by atoms with van der Waals surface area (Å²) in [6.45, 7) is 2.59. The molecule has 0 bridgehead atoms. The first-order chi connectivity index (χ1) is 19.3. The number of amidine groups is 1. The van der Waals surface area contributed by atoms with Gasteiger partial charge in [-0.2, -0.15) is 0 Å². The number of likely N-dealkylation sites (tertiary alicyclic amines) is 1. The fourth-order valence-corrected chi connectivity index (χ4v) is 5.39. The molecule has 40 heavy (non-hydrogen) atoms. The Balaban J connectivity index is 1.31. The zero-order valence-corrected chi connectivity index (χ0v) is 22.7. The van der Waals surface area contributed by atoms with Gasteiger partial charge in [0, 0.05) is 42.2 Å². The van der Waals surface area contributed by atoms with Gasteiger partial charge in [-0.15, -0.1) is 0 Å². The second kappa shape index (κ2) is 11.3. The third-order valence-corrected chi connectivity index (χ3v) is 7.63. The highest BCUT2D eigenvalue weighted by Crippen LogP contribution is 2.59. The quantitative estimate of drug-likeness (QED) is 0.215. The van der Waals surface area contributed by atoms with Crippen LogP contribution in [0.15, 0.2) is 78.9 Å². The molecule has 3 aromatic rings. The van der Waals surface area contributed by atoms with E-state index in [2.05, 4.69) is 29.7 Å². The molecule has 1 saturated heterocycles. The lowest BCUT2D eigenvalue weighted by Crippen LogP contribution is -2.39. The topological polar surface area (TPSA) is 115 Å². The van der Waals surface area contributed by atoms with Crippen LogP contribution in [0.3, 0.4) is 0 Å². The highest BCUT2D eigenvalue weighted by molar-refractivity contribution is 6.11. The van der Waals surface area contributed by atoms with Crippen LogP contribution < -0.4 is 15.4 Å². The summed E-state index contributed by atoms with van der Waals surface area (Å²) >= 11 is 0. The van der Waals surface area contributed by atoms with Gasteiger partial charge in [-0.05, 0) is 54.3 Å². The molecule has 206 valence electrons. The number of aryl methyl sites for hydroxylation is 1. The Kier molecular flexibility index (Phi) is 7.60. The van der Waals surface area contributed by atoms with Crippen LogP contribution in [0, 0.1) is 16.7 Å². The second-order valence-electron chi connectivity index (χ2n) is 10.5. The maximum atomic E-state index is 13.4. The number of carbonyl (C=O) groups is 2. The van der Waals surface area contributed by atoms with Gasteiger partial charge in [0.1, 0.15) is 17.3 Å². The zero-order valence-electron chi connectivity index (χ0n) is 22.7. The van der Waals surface area contributed by atoms with Crippen LogP contribution in [0.25, 0.3) is 5.70 Å². The van der Waals surface area contributed by atoms with Gasteiger partial charge in [0.05, 0.1) is 18.4 Å². The van der Waals surface area contributed by atoms with Crippen molar-refractivity contribution in [2.24, 2.45) is 11.3 Å². The van der Waals surface area contributed by atoms with E-state index >= 15 is 0 Å². The molecule has 0 aromatic heterocycles. The largest absolute Gasteiger partial charge is 0.507 e. The number of hydrogen-bond acceptors (Lipinski definition) is 6. The number of phenolic OH excluding ortho intramolecular Hbond substituents is 1. The molecule has 8 nitrogen and oxygen atoms in total. The van der Waals surface area contributed by atoms with Gasteiger partial charge in [-0.25, -0.2) is 0 Å². The number of amides is 2. The van der Waals surface area contributed by atoms with Crippen LogP contribution in [0.2, 0.25) is 0 Å². The molecule has 1 aliphatic carbocycles. The van der Waals surface area contributed by atoms with E-state index < -0.39 is 11.3 Å². The molecule has 1 saturated carbocycles. The van der Waals surface area contributed by atoms with Gasteiger partial charge >= 0.3 is 0 Å². The number of ether oxygens (including phenoxy) is 1. The average Bonchev–Trinajstić information content (AvgIpc) is 3.62. The summed E-state index contributed by atoms with van der Waals surface area (Å²) in [5, 5.41) is 25.1. The van der Waals surface area contributed by atoms with Crippen LogP contribution in [-0.4, -0.2) is 41.3 Å². The van der Waals surface area contributed by atoms with E-state index in [1.54, 1.807) is 23.1 Å². The Morgan fingerprint density at radius 2 is 1.95 bits per heavy atom. The molecular weight excluding hydrogens is 504 g/mol. The zero-order chi connectivity index (χ0) is 28.3. The van der Waals surface area contributed by atoms with E-state index in [0.717, 1.165) is 24.1 Å². The number of anilines is 1. The van der Waals surface area contributed by atoms with Crippen LogP contribution in [0.4, 0.5) is 5.69 Å². The summed E-state index contributed by atoms with van der Waals surface area (Å²) in [4.78, 5) is 28.0. The number of carbonyl (C=O) groups excluding carboxylic acids is 2. The molecule has 2 atom stereocenters. The van der Waals surface area contributed by atoms with E-state index in [0.29, 0.717) is 23.4 Å². The summed E-state index contributed by atoms with van der Waals surface area (Å²) in [6, 6.07) is 22.8. The molecule has 3 aromatic carbocycles. The summed E-state index contributed by atoms with van der Waals surface area (Å²) < 4.78 is 5.13. The van der Waals surface area contributed by atoms with Crippen molar-refractivity contribution >= 4 is 29.0 Å². The first-order valence-corrected chi connectivity index (χ1v) is 13.5. The van der Waals surface area contributed by atoms with Gasteiger partial charge in [-0.3, -0.25) is 15.0 Å². The Bertz CT molecular complexity index is 1470. The van der Waals surface area contributed by atoms with Gasteiger partial charge in [-0.1, -0.05) is 49.7 Å². The molecule has 5 rings (SSSR count). The maximum absolute atomic E-state index is 13.4. The average molecular weight is 539 g/mol. The first kappa shape index (κ1) is 27.0.